The second-order valence-corrected chi connectivity index (χ2v) is 5.33. The van der Waals surface area contributed by atoms with Crippen LogP contribution in [0.4, 0.5) is 0 Å². The molecule has 0 radical (unpaired) electrons. The van der Waals surface area contributed by atoms with Crippen molar-refractivity contribution < 1.29 is 4.42 Å². The number of rotatable bonds is 5. The number of hydrogen-bond acceptors (Lipinski definition) is 2. The first kappa shape index (κ1) is 13.4. The Labute approximate surface area is 117 Å². The van der Waals surface area contributed by atoms with Gasteiger partial charge in [-0.2, -0.15) is 0 Å². The van der Waals surface area contributed by atoms with E-state index in [0.29, 0.717) is 6.04 Å². The predicted octanol–water partition coefficient (Wildman–Crippen LogP) is 4.84. The summed E-state index contributed by atoms with van der Waals surface area (Å²) in [6, 6.07) is 13.0. The fourth-order valence-corrected chi connectivity index (χ4v) is 2.33. The molecule has 1 aromatic heterocycles. The average molecular weight is 308 g/mol. The Kier molecular flexibility index (Phi) is 4.61. The smallest absolute Gasteiger partial charge is 0.120 e. The molecule has 3 heteroatoms. The summed E-state index contributed by atoms with van der Waals surface area (Å²) in [6.45, 7) is 4.31. The van der Waals surface area contributed by atoms with E-state index in [4.69, 9.17) is 4.42 Å². The van der Waals surface area contributed by atoms with E-state index in [2.05, 4.69) is 59.4 Å². The monoisotopic (exact) mass is 307 g/mol. The molecule has 0 aliphatic carbocycles. The van der Waals surface area contributed by atoms with Gasteiger partial charge in [0.05, 0.1) is 12.3 Å². The van der Waals surface area contributed by atoms with Gasteiger partial charge in [0.2, 0.25) is 0 Å². The maximum absolute atomic E-state index is 5.43. The molecule has 18 heavy (non-hydrogen) atoms. The Balaban J connectivity index is 2.07. The van der Waals surface area contributed by atoms with Gasteiger partial charge in [-0.15, -0.1) is 0 Å². The largest absolute Gasteiger partial charge is 0.468 e. The highest BCUT2D eigenvalue weighted by Gasteiger charge is 2.15. The first-order valence-corrected chi connectivity index (χ1v) is 7.05. The van der Waals surface area contributed by atoms with Crippen LogP contribution in [0.25, 0.3) is 0 Å². The highest BCUT2D eigenvalue weighted by Crippen LogP contribution is 2.23. The van der Waals surface area contributed by atoms with E-state index in [1.165, 1.54) is 5.56 Å². The zero-order valence-corrected chi connectivity index (χ0v) is 12.3. The molecule has 0 aliphatic heterocycles. The lowest BCUT2D eigenvalue weighted by molar-refractivity contribution is 0.387. The SMILES string of the molecule is CCC(N[C@@H](C)c1ccco1)c1ccc(Br)cc1. The highest BCUT2D eigenvalue weighted by atomic mass is 79.9. The van der Waals surface area contributed by atoms with Gasteiger partial charge in [-0.1, -0.05) is 35.0 Å². The van der Waals surface area contributed by atoms with E-state index in [1.54, 1.807) is 6.26 Å². The molecule has 1 aromatic carbocycles. The quantitative estimate of drug-likeness (QED) is 0.854. The van der Waals surface area contributed by atoms with Gasteiger partial charge >= 0.3 is 0 Å². The molecule has 0 aliphatic rings. The first-order chi connectivity index (χ1) is 8.70. The van der Waals surface area contributed by atoms with Crippen molar-refractivity contribution in [2.75, 3.05) is 0 Å². The van der Waals surface area contributed by atoms with Gasteiger partial charge in [-0.3, -0.25) is 0 Å². The van der Waals surface area contributed by atoms with Gasteiger partial charge in [0.15, 0.2) is 0 Å². The van der Waals surface area contributed by atoms with Gasteiger partial charge in [-0.05, 0) is 43.2 Å². The Hall–Kier alpha value is -1.06. The standard InChI is InChI=1S/C15H18BrNO/c1-3-14(12-6-8-13(16)9-7-12)17-11(2)15-5-4-10-18-15/h4-11,14,17H,3H2,1-2H3/t11-,14?/m0/s1. The lowest BCUT2D eigenvalue weighted by Crippen LogP contribution is -2.23. The zero-order chi connectivity index (χ0) is 13.0. The zero-order valence-electron chi connectivity index (χ0n) is 10.7. The number of benzene rings is 1. The van der Waals surface area contributed by atoms with E-state index in [-0.39, 0.29) is 6.04 Å². The molecule has 2 aromatic rings. The van der Waals surface area contributed by atoms with Crippen LogP contribution in [0.1, 0.15) is 43.7 Å². The van der Waals surface area contributed by atoms with Crippen LogP contribution in [0.3, 0.4) is 0 Å². The van der Waals surface area contributed by atoms with E-state index in [9.17, 15) is 0 Å². The topological polar surface area (TPSA) is 25.2 Å². The molecule has 0 saturated heterocycles. The Bertz CT molecular complexity index is 464. The van der Waals surface area contributed by atoms with Crippen molar-refractivity contribution in [2.45, 2.75) is 32.4 Å². The van der Waals surface area contributed by atoms with Crippen molar-refractivity contribution in [1.82, 2.24) is 5.32 Å². The fourth-order valence-electron chi connectivity index (χ4n) is 2.07. The van der Waals surface area contributed by atoms with Crippen LogP contribution < -0.4 is 5.32 Å². The van der Waals surface area contributed by atoms with Crippen molar-refractivity contribution in [1.29, 1.82) is 0 Å². The predicted molar refractivity (Wildman–Crippen MR) is 77.4 cm³/mol. The normalized spacial score (nSPS) is 14.4. The molecule has 0 saturated carbocycles. The molecule has 2 rings (SSSR count). The fraction of sp³-hybridized carbons (Fsp3) is 0.333. The van der Waals surface area contributed by atoms with Crippen LogP contribution in [0.15, 0.2) is 51.6 Å². The Morgan fingerprint density at radius 3 is 2.50 bits per heavy atom. The summed E-state index contributed by atoms with van der Waals surface area (Å²) in [7, 11) is 0. The number of halogens is 1. The van der Waals surface area contributed by atoms with Crippen LogP contribution >= 0.6 is 15.9 Å². The third-order valence-electron chi connectivity index (χ3n) is 3.10. The van der Waals surface area contributed by atoms with E-state index < -0.39 is 0 Å². The minimum atomic E-state index is 0.216. The van der Waals surface area contributed by atoms with Gasteiger partial charge in [0.25, 0.3) is 0 Å². The molecule has 0 spiro atoms. The van der Waals surface area contributed by atoms with Crippen LogP contribution in [0.2, 0.25) is 0 Å². The highest BCUT2D eigenvalue weighted by molar-refractivity contribution is 9.10. The van der Waals surface area contributed by atoms with Gasteiger partial charge in [-0.25, -0.2) is 0 Å². The van der Waals surface area contributed by atoms with Gasteiger partial charge in [0.1, 0.15) is 5.76 Å². The summed E-state index contributed by atoms with van der Waals surface area (Å²) >= 11 is 3.46. The molecule has 1 unspecified atom stereocenters. The molecule has 0 bridgehead atoms. The Morgan fingerprint density at radius 2 is 1.94 bits per heavy atom. The Morgan fingerprint density at radius 1 is 1.22 bits per heavy atom. The summed E-state index contributed by atoms with van der Waals surface area (Å²) in [5, 5.41) is 3.60. The lowest BCUT2D eigenvalue weighted by Gasteiger charge is -2.21. The van der Waals surface area contributed by atoms with Crippen LogP contribution in [0.5, 0.6) is 0 Å². The van der Waals surface area contributed by atoms with Crippen LogP contribution in [-0.2, 0) is 0 Å². The second-order valence-electron chi connectivity index (χ2n) is 4.42. The molecular weight excluding hydrogens is 290 g/mol. The summed E-state index contributed by atoms with van der Waals surface area (Å²) < 4.78 is 6.54. The summed E-state index contributed by atoms with van der Waals surface area (Å²) in [5.41, 5.74) is 1.30. The number of furan rings is 1. The molecular formula is C15H18BrNO. The summed E-state index contributed by atoms with van der Waals surface area (Å²) in [5.74, 6) is 0.977. The first-order valence-electron chi connectivity index (χ1n) is 6.25. The maximum Gasteiger partial charge on any atom is 0.120 e. The average Bonchev–Trinajstić information content (AvgIpc) is 2.91. The summed E-state index contributed by atoms with van der Waals surface area (Å²) in [4.78, 5) is 0. The van der Waals surface area contributed by atoms with Crippen molar-refractivity contribution in [3.63, 3.8) is 0 Å². The number of nitrogens with one attached hydrogen (secondary N) is 1. The van der Waals surface area contributed by atoms with Crippen LogP contribution in [-0.4, -0.2) is 0 Å². The van der Waals surface area contributed by atoms with Crippen molar-refractivity contribution in [3.05, 3.63) is 58.5 Å². The molecule has 2 atom stereocenters. The molecule has 96 valence electrons. The third kappa shape index (κ3) is 3.24. The molecule has 1 heterocycles. The van der Waals surface area contributed by atoms with Gasteiger partial charge < -0.3 is 9.73 Å². The van der Waals surface area contributed by atoms with Gasteiger partial charge in [0, 0.05) is 10.5 Å². The van der Waals surface area contributed by atoms with Crippen molar-refractivity contribution >= 4 is 15.9 Å². The van der Waals surface area contributed by atoms with E-state index in [1.807, 2.05) is 12.1 Å². The lowest BCUT2D eigenvalue weighted by atomic mass is 10.0. The summed E-state index contributed by atoms with van der Waals surface area (Å²) in [6.07, 6.45) is 2.76. The molecule has 0 fully saturated rings. The van der Waals surface area contributed by atoms with Crippen LogP contribution in [0, 0.1) is 0 Å². The second kappa shape index (κ2) is 6.21. The van der Waals surface area contributed by atoms with Crippen molar-refractivity contribution in [3.8, 4) is 0 Å². The molecule has 0 amide bonds. The number of hydrogen-bond donors (Lipinski definition) is 1. The molecule has 1 N–H and O–H groups in total. The minimum absolute atomic E-state index is 0.216. The van der Waals surface area contributed by atoms with E-state index in [0.717, 1.165) is 16.7 Å². The minimum Gasteiger partial charge on any atom is -0.468 e. The molecule has 2 nitrogen and oxygen atoms in total. The van der Waals surface area contributed by atoms with E-state index >= 15 is 0 Å². The third-order valence-corrected chi connectivity index (χ3v) is 3.63. The van der Waals surface area contributed by atoms with Crippen molar-refractivity contribution in [2.24, 2.45) is 0 Å². The maximum atomic E-state index is 5.43.